The highest BCUT2D eigenvalue weighted by Crippen LogP contribution is 2.29. The molecule has 0 saturated heterocycles. The summed E-state index contributed by atoms with van der Waals surface area (Å²) in [5.41, 5.74) is 0. The minimum atomic E-state index is -0.220. The van der Waals surface area contributed by atoms with Crippen molar-refractivity contribution in [2.75, 3.05) is 19.8 Å². The normalized spacial score (nSPS) is 29.5. The quantitative estimate of drug-likeness (QED) is 0.522. The van der Waals surface area contributed by atoms with Crippen LogP contribution in [-0.2, 0) is 0 Å². The number of rotatable bonds is 5. The molecule has 1 aliphatic carbocycles. The third-order valence-corrected chi connectivity index (χ3v) is 3.03. The highest BCUT2D eigenvalue weighted by molar-refractivity contribution is 6.20. The van der Waals surface area contributed by atoms with E-state index in [2.05, 4.69) is 5.32 Å². The molecule has 72 valence electrons. The molecule has 0 spiro atoms. The van der Waals surface area contributed by atoms with Gasteiger partial charge < -0.3 is 5.32 Å². The van der Waals surface area contributed by atoms with Crippen LogP contribution in [0, 0.1) is 5.92 Å². The second-order valence-corrected chi connectivity index (χ2v) is 4.01. The minimum absolute atomic E-state index is 0.220. The monoisotopic (exact) mass is 193 g/mol. The Morgan fingerprint density at radius 2 is 2.25 bits per heavy atom. The van der Waals surface area contributed by atoms with Crippen molar-refractivity contribution in [2.45, 2.75) is 31.1 Å². The van der Waals surface area contributed by atoms with Crippen LogP contribution in [0.25, 0.3) is 0 Å². The lowest BCUT2D eigenvalue weighted by molar-refractivity contribution is 0.437. The molecule has 1 N–H and O–H groups in total. The number of hydrogen-bond donors (Lipinski definition) is 1. The van der Waals surface area contributed by atoms with E-state index in [9.17, 15) is 4.39 Å². The molecule has 2 atom stereocenters. The lowest BCUT2D eigenvalue weighted by Crippen LogP contribution is -2.26. The highest BCUT2D eigenvalue weighted by Gasteiger charge is 2.24. The Morgan fingerprint density at radius 1 is 1.42 bits per heavy atom. The van der Waals surface area contributed by atoms with Gasteiger partial charge in [-0.2, -0.15) is 0 Å². The van der Waals surface area contributed by atoms with Gasteiger partial charge in [-0.3, -0.25) is 4.39 Å². The first kappa shape index (κ1) is 10.3. The number of alkyl halides is 2. The molecule has 0 amide bonds. The second kappa shape index (κ2) is 5.76. The number of nitrogens with one attached hydrogen (secondary N) is 1. The SMILES string of the molecule is FCCCNCC1CCCC1Cl. The summed E-state index contributed by atoms with van der Waals surface area (Å²) in [5, 5.41) is 3.58. The fourth-order valence-corrected chi connectivity index (χ4v) is 2.07. The van der Waals surface area contributed by atoms with Gasteiger partial charge >= 0.3 is 0 Å². The molecule has 2 unspecified atom stereocenters. The topological polar surface area (TPSA) is 12.0 Å². The van der Waals surface area contributed by atoms with E-state index in [0.717, 1.165) is 19.5 Å². The zero-order chi connectivity index (χ0) is 8.81. The third kappa shape index (κ3) is 3.28. The van der Waals surface area contributed by atoms with Gasteiger partial charge in [-0.05, 0) is 38.3 Å². The maximum atomic E-state index is 11.7. The summed E-state index contributed by atoms with van der Waals surface area (Å²) in [6.07, 6.45) is 4.26. The summed E-state index contributed by atoms with van der Waals surface area (Å²) < 4.78 is 11.7. The molecule has 0 aliphatic heterocycles. The van der Waals surface area contributed by atoms with Crippen molar-refractivity contribution in [3.05, 3.63) is 0 Å². The van der Waals surface area contributed by atoms with E-state index in [1.165, 1.54) is 12.8 Å². The van der Waals surface area contributed by atoms with E-state index >= 15 is 0 Å². The summed E-state index contributed by atoms with van der Waals surface area (Å²) in [6, 6.07) is 0. The van der Waals surface area contributed by atoms with E-state index in [1.807, 2.05) is 0 Å². The van der Waals surface area contributed by atoms with Crippen molar-refractivity contribution in [1.29, 1.82) is 0 Å². The fraction of sp³-hybridized carbons (Fsp3) is 1.00. The standard InChI is InChI=1S/C9H17ClFN/c10-9-4-1-3-8(9)7-12-6-2-5-11/h8-9,12H,1-7H2. The van der Waals surface area contributed by atoms with Crippen LogP contribution < -0.4 is 5.32 Å². The molecule has 0 aromatic carbocycles. The van der Waals surface area contributed by atoms with Crippen LogP contribution in [0.5, 0.6) is 0 Å². The van der Waals surface area contributed by atoms with E-state index in [1.54, 1.807) is 0 Å². The lowest BCUT2D eigenvalue weighted by atomic mass is 10.1. The van der Waals surface area contributed by atoms with Crippen LogP contribution >= 0.6 is 11.6 Å². The second-order valence-electron chi connectivity index (χ2n) is 3.45. The van der Waals surface area contributed by atoms with Crippen LogP contribution in [0.1, 0.15) is 25.7 Å². The maximum absolute atomic E-state index is 11.7. The largest absolute Gasteiger partial charge is 0.316 e. The molecule has 1 rings (SSSR count). The van der Waals surface area contributed by atoms with Gasteiger partial charge in [0.2, 0.25) is 0 Å². The molecule has 0 heterocycles. The summed E-state index contributed by atoms with van der Waals surface area (Å²) in [7, 11) is 0. The Hall–Kier alpha value is 0.180. The molecule has 0 radical (unpaired) electrons. The highest BCUT2D eigenvalue weighted by atomic mass is 35.5. The number of hydrogen-bond acceptors (Lipinski definition) is 1. The molecule has 3 heteroatoms. The van der Waals surface area contributed by atoms with Gasteiger partial charge in [-0.25, -0.2) is 0 Å². The van der Waals surface area contributed by atoms with Crippen LogP contribution in [-0.4, -0.2) is 25.1 Å². The Morgan fingerprint density at radius 3 is 2.83 bits per heavy atom. The van der Waals surface area contributed by atoms with Crippen LogP contribution in [0.2, 0.25) is 0 Å². The third-order valence-electron chi connectivity index (χ3n) is 2.46. The molecule has 1 nitrogen and oxygen atoms in total. The first-order chi connectivity index (χ1) is 5.84. The Balaban J connectivity index is 1.98. The van der Waals surface area contributed by atoms with E-state index in [0.29, 0.717) is 17.7 Å². The van der Waals surface area contributed by atoms with Crippen molar-refractivity contribution in [3.63, 3.8) is 0 Å². The molecule has 0 aromatic heterocycles. The molecule has 1 aliphatic rings. The molecular formula is C9H17ClFN. The van der Waals surface area contributed by atoms with Crippen molar-refractivity contribution in [2.24, 2.45) is 5.92 Å². The van der Waals surface area contributed by atoms with Crippen molar-refractivity contribution < 1.29 is 4.39 Å². The van der Waals surface area contributed by atoms with Gasteiger partial charge in [-0.15, -0.1) is 11.6 Å². The van der Waals surface area contributed by atoms with Gasteiger partial charge in [0.15, 0.2) is 0 Å². The van der Waals surface area contributed by atoms with Crippen molar-refractivity contribution >= 4 is 11.6 Å². The summed E-state index contributed by atoms with van der Waals surface area (Å²) in [4.78, 5) is 0. The Bertz CT molecular complexity index is 121. The van der Waals surface area contributed by atoms with Crippen LogP contribution in [0.3, 0.4) is 0 Å². The molecule has 1 saturated carbocycles. The Labute approximate surface area is 78.7 Å². The Kier molecular flexibility index (Phi) is 4.93. The molecular weight excluding hydrogens is 177 g/mol. The lowest BCUT2D eigenvalue weighted by Gasteiger charge is -2.13. The first-order valence-corrected chi connectivity index (χ1v) is 5.19. The van der Waals surface area contributed by atoms with Gasteiger partial charge in [-0.1, -0.05) is 6.42 Å². The summed E-state index contributed by atoms with van der Waals surface area (Å²) in [6.45, 7) is 1.53. The summed E-state index contributed by atoms with van der Waals surface area (Å²) >= 11 is 6.08. The fourth-order valence-electron chi connectivity index (χ4n) is 1.70. The smallest absolute Gasteiger partial charge is 0.0906 e. The van der Waals surface area contributed by atoms with Gasteiger partial charge in [0, 0.05) is 5.38 Å². The zero-order valence-electron chi connectivity index (χ0n) is 7.36. The van der Waals surface area contributed by atoms with E-state index in [4.69, 9.17) is 11.6 Å². The van der Waals surface area contributed by atoms with Crippen LogP contribution in [0.4, 0.5) is 4.39 Å². The predicted octanol–water partition coefficient (Wildman–Crippen LogP) is 2.34. The van der Waals surface area contributed by atoms with Crippen LogP contribution in [0.15, 0.2) is 0 Å². The average Bonchev–Trinajstić information content (AvgIpc) is 2.46. The minimum Gasteiger partial charge on any atom is -0.316 e. The summed E-state index contributed by atoms with van der Waals surface area (Å²) in [5.74, 6) is 0.617. The van der Waals surface area contributed by atoms with E-state index in [-0.39, 0.29) is 6.67 Å². The van der Waals surface area contributed by atoms with Crippen molar-refractivity contribution in [1.82, 2.24) is 5.32 Å². The maximum Gasteiger partial charge on any atom is 0.0906 e. The molecule has 0 bridgehead atoms. The predicted molar refractivity (Wildman–Crippen MR) is 50.4 cm³/mol. The molecule has 1 fully saturated rings. The van der Waals surface area contributed by atoms with Gasteiger partial charge in [0.25, 0.3) is 0 Å². The number of halogens is 2. The van der Waals surface area contributed by atoms with Gasteiger partial charge in [0.05, 0.1) is 6.67 Å². The zero-order valence-corrected chi connectivity index (χ0v) is 8.12. The molecule has 12 heavy (non-hydrogen) atoms. The first-order valence-electron chi connectivity index (χ1n) is 4.75. The average molecular weight is 194 g/mol. The van der Waals surface area contributed by atoms with Crippen molar-refractivity contribution in [3.8, 4) is 0 Å². The van der Waals surface area contributed by atoms with E-state index < -0.39 is 0 Å². The van der Waals surface area contributed by atoms with Gasteiger partial charge in [0.1, 0.15) is 0 Å². The molecule has 0 aromatic rings.